The van der Waals surface area contributed by atoms with Crippen molar-refractivity contribution >= 4 is 0 Å². The van der Waals surface area contributed by atoms with Gasteiger partial charge in [0.25, 0.3) is 0 Å². The Bertz CT molecular complexity index is 715. The molecule has 0 aromatic heterocycles. The Morgan fingerprint density at radius 2 is 1.56 bits per heavy atom. The van der Waals surface area contributed by atoms with Gasteiger partial charge in [0, 0.05) is 0 Å². The SMILES string of the molecule is CCCC=C(OCC)C(C)(C)Oc1ccc(-c2ccc(CCN)cc2)cc1. The van der Waals surface area contributed by atoms with Crippen LogP contribution in [0.2, 0.25) is 0 Å². The van der Waals surface area contributed by atoms with Crippen molar-refractivity contribution in [1.82, 2.24) is 0 Å². The molecule has 0 aliphatic carbocycles. The summed E-state index contributed by atoms with van der Waals surface area (Å²) >= 11 is 0. The Morgan fingerprint density at radius 1 is 0.963 bits per heavy atom. The zero-order valence-corrected chi connectivity index (χ0v) is 17.1. The van der Waals surface area contributed by atoms with Gasteiger partial charge in [-0.15, -0.1) is 0 Å². The van der Waals surface area contributed by atoms with E-state index < -0.39 is 5.60 Å². The van der Waals surface area contributed by atoms with Gasteiger partial charge in [-0.05, 0) is 75.1 Å². The maximum atomic E-state index is 6.25. The van der Waals surface area contributed by atoms with Crippen LogP contribution in [0.25, 0.3) is 11.1 Å². The van der Waals surface area contributed by atoms with E-state index in [1.54, 1.807) is 0 Å². The minimum absolute atomic E-state index is 0.503. The minimum Gasteiger partial charge on any atom is -0.494 e. The summed E-state index contributed by atoms with van der Waals surface area (Å²) in [4.78, 5) is 0. The highest BCUT2D eigenvalue weighted by atomic mass is 16.5. The highest BCUT2D eigenvalue weighted by molar-refractivity contribution is 5.64. The molecule has 2 aromatic carbocycles. The summed E-state index contributed by atoms with van der Waals surface area (Å²) in [5.41, 5.74) is 8.75. The smallest absolute Gasteiger partial charge is 0.160 e. The summed E-state index contributed by atoms with van der Waals surface area (Å²) in [5.74, 6) is 1.73. The normalized spacial score (nSPS) is 12.1. The van der Waals surface area contributed by atoms with Gasteiger partial charge in [-0.25, -0.2) is 0 Å². The van der Waals surface area contributed by atoms with Gasteiger partial charge in [0.1, 0.15) is 11.5 Å². The number of hydrogen-bond donors (Lipinski definition) is 1. The van der Waals surface area contributed by atoms with E-state index >= 15 is 0 Å². The van der Waals surface area contributed by atoms with Gasteiger partial charge >= 0.3 is 0 Å². The molecule has 0 amide bonds. The average molecular weight is 368 g/mol. The first-order valence-corrected chi connectivity index (χ1v) is 9.92. The lowest BCUT2D eigenvalue weighted by molar-refractivity contribution is 0.0622. The number of allylic oxidation sites excluding steroid dienone is 1. The lowest BCUT2D eigenvalue weighted by Crippen LogP contribution is -2.32. The molecule has 146 valence electrons. The van der Waals surface area contributed by atoms with Crippen molar-refractivity contribution in [2.24, 2.45) is 5.73 Å². The largest absolute Gasteiger partial charge is 0.494 e. The first-order chi connectivity index (χ1) is 13.0. The number of ether oxygens (including phenoxy) is 2. The molecule has 0 saturated carbocycles. The van der Waals surface area contributed by atoms with Gasteiger partial charge < -0.3 is 15.2 Å². The van der Waals surface area contributed by atoms with Crippen LogP contribution in [-0.4, -0.2) is 18.8 Å². The van der Waals surface area contributed by atoms with Crippen molar-refractivity contribution in [2.75, 3.05) is 13.2 Å². The number of nitrogens with two attached hydrogens (primary N) is 1. The first-order valence-electron chi connectivity index (χ1n) is 9.92. The molecule has 3 heteroatoms. The van der Waals surface area contributed by atoms with Gasteiger partial charge in [0.15, 0.2) is 5.60 Å². The third-order valence-corrected chi connectivity index (χ3v) is 4.46. The summed E-state index contributed by atoms with van der Waals surface area (Å²) in [6.07, 6.45) is 5.13. The minimum atomic E-state index is -0.503. The van der Waals surface area contributed by atoms with Crippen molar-refractivity contribution < 1.29 is 9.47 Å². The highest BCUT2D eigenvalue weighted by Gasteiger charge is 2.27. The molecule has 0 atom stereocenters. The number of unbranched alkanes of at least 4 members (excludes halogenated alkanes) is 1. The van der Waals surface area contributed by atoms with Crippen LogP contribution in [0.1, 0.15) is 46.1 Å². The van der Waals surface area contributed by atoms with Gasteiger partial charge in [-0.3, -0.25) is 0 Å². The van der Waals surface area contributed by atoms with Crippen molar-refractivity contribution in [3.63, 3.8) is 0 Å². The van der Waals surface area contributed by atoms with Gasteiger partial charge in [-0.2, -0.15) is 0 Å². The third-order valence-electron chi connectivity index (χ3n) is 4.46. The zero-order chi connectivity index (χ0) is 19.7. The molecule has 0 aliphatic heterocycles. The van der Waals surface area contributed by atoms with Crippen LogP contribution < -0.4 is 10.5 Å². The average Bonchev–Trinajstić information content (AvgIpc) is 2.66. The Morgan fingerprint density at radius 3 is 2.07 bits per heavy atom. The molecule has 0 spiro atoms. The number of benzene rings is 2. The molecule has 3 nitrogen and oxygen atoms in total. The Hall–Kier alpha value is -2.26. The Kier molecular flexibility index (Phi) is 7.93. The van der Waals surface area contributed by atoms with Crippen molar-refractivity contribution in [3.05, 3.63) is 65.9 Å². The Labute approximate surface area is 164 Å². The molecule has 27 heavy (non-hydrogen) atoms. The van der Waals surface area contributed by atoms with E-state index in [2.05, 4.69) is 49.4 Å². The summed E-state index contributed by atoms with van der Waals surface area (Å²) in [6, 6.07) is 16.8. The maximum absolute atomic E-state index is 6.25. The van der Waals surface area contributed by atoms with E-state index in [1.165, 1.54) is 16.7 Å². The first kappa shape index (κ1) is 21.0. The topological polar surface area (TPSA) is 44.5 Å². The van der Waals surface area contributed by atoms with E-state index in [9.17, 15) is 0 Å². The predicted octanol–water partition coefficient (Wildman–Crippen LogP) is 5.73. The monoisotopic (exact) mass is 367 g/mol. The van der Waals surface area contributed by atoms with E-state index in [4.69, 9.17) is 15.2 Å². The van der Waals surface area contributed by atoms with Crippen LogP contribution in [0.5, 0.6) is 5.75 Å². The van der Waals surface area contributed by atoms with Gasteiger partial charge in [-0.1, -0.05) is 49.7 Å². The van der Waals surface area contributed by atoms with Gasteiger partial charge in [0.05, 0.1) is 6.61 Å². The molecule has 0 bridgehead atoms. The fourth-order valence-corrected chi connectivity index (χ4v) is 3.00. The molecular weight excluding hydrogens is 334 g/mol. The molecule has 0 radical (unpaired) electrons. The fourth-order valence-electron chi connectivity index (χ4n) is 3.00. The van der Waals surface area contributed by atoms with E-state index in [0.29, 0.717) is 13.2 Å². The summed E-state index contributed by atoms with van der Waals surface area (Å²) < 4.78 is 12.1. The lowest BCUT2D eigenvalue weighted by Gasteiger charge is -2.29. The standard InChI is InChI=1S/C24H33NO2/c1-5-7-8-23(26-6-2)24(3,4)27-22-15-13-21(14-16-22)20-11-9-19(10-12-20)17-18-25/h8-16H,5-7,17-18,25H2,1-4H3. The van der Waals surface area contributed by atoms with Crippen LogP contribution in [-0.2, 0) is 11.2 Å². The van der Waals surface area contributed by atoms with Crippen LogP contribution in [0.15, 0.2) is 60.4 Å². The number of hydrogen-bond acceptors (Lipinski definition) is 3. The maximum Gasteiger partial charge on any atom is 0.160 e. The molecule has 0 saturated heterocycles. The highest BCUT2D eigenvalue weighted by Crippen LogP contribution is 2.28. The van der Waals surface area contributed by atoms with Crippen LogP contribution in [0.3, 0.4) is 0 Å². The van der Waals surface area contributed by atoms with Gasteiger partial charge in [0.2, 0.25) is 0 Å². The number of rotatable bonds is 10. The fraction of sp³-hybridized carbons (Fsp3) is 0.417. The molecule has 0 heterocycles. The third kappa shape index (κ3) is 6.14. The second-order valence-corrected chi connectivity index (χ2v) is 7.16. The zero-order valence-electron chi connectivity index (χ0n) is 17.1. The molecule has 0 fully saturated rings. The Balaban J connectivity index is 2.11. The predicted molar refractivity (Wildman–Crippen MR) is 114 cm³/mol. The van der Waals surface area contributed by atoms with Crippen molar-refractivity contribution in [2.45, 2.75) is 52.6 Å². The van der Waals surface area contributed by atoms with Crippen LogP contribution >= 0.6 is 0 Å². The van der Waals surface area contributed by atoms with Crippen molar-refractivity contribution in [1.29, 1.82) is 0 Å². The van der Waals surface area contributed by atoms with Crippen LogP contribution in [0.4, 0.5) is 0 Å². The van der Waals surface area contributed by atoms with Crippen molar-refractivity contribution in [3.8, 4) is 16.9 Å². The summed E-state index contributed by atoms with van der Waals surface area (Å²) in [7, 11) is 0. The molecule has 0 unspecified atom stereocenters. The molecule has 2 rings (SSSR count). The molecule has 0 aliphatic rings. The summed E-state index contributed by atoms with van der Waals surface area (Å²) in [6.45, 7) is 9.58. The molecule has 2 N–H and O–H groups in total. The van der Waals surface area contributed by atoms with Crippen LogP contribution in [0, 0.1) is 0 Å². The summed E-state index contributed by atoms with van der Waals surface area (Å²) in [5, 5.41) is 0. The second-order valence-electron chi connectivity index (χ2n) is 7.16. The van der Waals surface area contributed by atoms with E-state index in [1.807, 2.05) is 32.9 Å². The quantitative estimate of drug-likeness (QED) is 0.545. The molecular formula is C24H33NO2. The lowest BCUT2D eigenvalue weighted by atomic mass is 10.0. The molecule has 2 aromatic rings. The van der Waals surface area contributed by atoms with E-state index in [-0.39, 0.29) is 0 Å². The van der Waals surface area contributed by atoms with E-state index in [0.717, 1.165) is 30.8 Å². The second kappa shape index (κ2) is 10.2.